The summed E-state index contributed by atoms with van der Waals surface area (Å²) < 4.78 is -0.332. The Hall–Kier alpha value is -1.46. The van der Waals surface area contributed by atoms with Gasteiger partial charge in [-0.3, -0.25) is 0 Å². The average Bonchev–Trinajstić information content (AvgIpc) is 2.49. The number of aliphatic hydroxyl groups is 2. The number of benzene rings is 2. The van der Waals surface area contributed by atoms with Gasteiger partial charge in [0.15, 0.2) is 0 Å². The second-order valence-corrected chi connectivity index (χ2v) is 5.96. The van der Waals surface area contributed by atoms with Crippen LogP contribution in [-0.4, -0.2) is 81.2 Å². The van der Waals surface area contributed by atoms with Crippen molar-refractivity contribution in [2.24, 2.45) is 0 Å². The molecule has 2 aromatic rings. The fourth-order valence-electron chi connectivity index (χ4n) is 1.46. The second kappa shape index (κ2) is 9.88. The Bertz CT molecular complexity index is 696. The molecule has 0 bridgehead atoms. The molecule has 8 N–H and O–H groups in total. The van der Waals surface area contributed by atoms with Crippen LogP contribution >= 0.6 is 0 Å². The minimum absolute atomic E-state index is 0. The van der Waals surface area contributed by atoms with E-state index in [2.05, 4.69) is 31.2 Å². The van der Waals surface area contributed by atoms with E-state index in [-0.39, 0.29) is 47.6 Å². The molecule has 0 aliphatic heterocycles. The number of aliphatic hydroxyl groups excluding tert-OH is 2. The van der Waals surface area contributed by atoms with Gasteiger partial charge in [0.2, 0.25) is 0 Å². The molecule has 0 saturated heterocycles. The van der Waals surface area contributed by atoms with Crippen LogP contribution < -0.4 is 0 Å². The summed E-state index contributed by atoms with van der Waals surface area (Å²) in [5.74, 6) is -3.11. The number of phenolic OH excluding ortho intramolecular Hbond substituents is 6. The van der Waals surface area contributed by atoms with Gasteiger partial charge in [-0.15, -0.1) is 0 Å². The van der Waals surface area contributed by atoms with Crippen LogP contribution in [0.3, 0.4) is 0 Å². The molecule has 0 aliphatic rings. The fraction of sp³-hybridized carbons (Fsp3) is 0. The van der Waals surface area contributed by atoms with Crippen molar-refractivity contribution in [3.8, 4) is 34.5 Å². The van der Waals surface area contributed by atoms with Crippen molar-refractivity contribution in [3.05, 3.63) is 35.4 Å². The summed E-state index contributed by atoms with van der Waals surface area (Å²) in [6.07, 6.45) is 0. The van der Waals surface area contributed by atoms with E-state index in [9.17, 15) is 0 Å². The molecule has 25 heavy (non-hydrogen) atoms. The van der Waals surface area contributed by atoms with Crippen LogP contribution in [0.5, 0.6) is 34.5 Å². The van der Waals surface area contributed by atoms with E-state index in [0.717, 1.165) is 24.3 Å². The van der Waals surface area contributed by atoms with E-state index >= 15 is 0 Å². The van der Waals surface area contributed by atoms with Gasteiger partial charge >= 0.3 is 151 Å². The standard InChI is InChI=1S/2C7H6O4Se.Cd/c2*8-4-1-3(7(11)12)2-5(9)6(4)10;/h2*1-2,8-10H,(H,11,12);. The van der Waals surface area contributed by atoms with E-state index in [1.165, 1.54) is 0 Å². The maximum Gasteiger partial charge on any atom is 0 e. The van der Waals surface area contributed by atoms with E-state index < -0.39 is 34.5 Å². The number of phenols is 6. The normalized spacial score (nSPS) is 9.28. The van der Waals surface area contributed by atoms with Crippen molar-refractivity contribution >= 4 is 40.4 Å². The van der Waals surface area contributed by atoms with Gasteiger partial charge in [-0.05, 0) is 0 Å². The molecule has 130 valence electrons. The molecule has 0 unspecified atom stereocenters. The van der Waals surface area contributed by atoms with Crippen LogP contribution in [-0.2, 0) is 27.3 Å². The number of hydrogen-bond donors (Lipinski definition) is 8. The summed E-state index contributed by atoms with van der Waals surface area (Å²) in [5, 5.41) is 71.6. The molecule has 0 spiro atoms. The van der Waals surface area contributed by atoms with Gasteiger partial charge in [-0.1, -0.05) is 0 Å². The molecule has 0 radical (unpaired) electrons. The minimum atomic E-state index is -0.597. The van der Waals surface area contributed by atoms with Crippen LogP contribution in [0.2, 0.25) is 0 Å². The van der Waals surface area contributed by atoms with Crippen molar-refractivity contribution in [3.63, 3.8) is 0 Å². The van der Waals surface area contributed by atoms with E-state index in [0.29, 0.717) is 0 Å². The van der Waals surface area contributed by atoms with Crippen molar-refractivity contribution < 1.29 is 68.2 Å². The molecule has 0 fully saturated rings. The summed E-state index contributed by atoms with van der Waals surface area (Å²) in [6, 6.07) is 4.50. The zero-order chi connectivity index (χ0) is 18.6. The van der Waals surface area contributed by atoms with Gasteiger partial charge in [0.05, 0.1) is 0 Å². The molecule has 11 heteroatoms. The Morgan fingerprint density at radius 2 is 0.760 bits per heavy atom. The van der Waals surface area contributed by atoms with E-state index in [1.807, 2.05) is 0 Å². The first-order valence-corrected chi connectivity index (χ1v) is 7.72. The first-order valence-electron chi connectivity index (χ1n) is 6.01. The fourth-order valence-corrected chi connectivity index (χ4v) is 1.95. The summed E-state index contributed by atoms with van der Waals surface area (Å²) in [4.78, 5) is 0. The molecule has 0 amide bonds. The number of rotatable bonds is 2. The van der Waals surface area contributed by atoms with E-state index in [1.54, 1.807) is 0 Å². The molecular formula is C14H12CdO8Se2. The predicted molar refractivity (Wildman–Crippen MR) is 86.5 cm³/mol. The molecule has 0 heterocycles. The van der Waals surface area contributed by atoms with Crippen LogP contribution in [0.15, 0.2) is 24.3 Å². The monoisotopic (exact) mass is 582 g/mol. The first kappa shape index (κ1) is 23.5. The molecular weight excluding hydrogens is 566 g/mol. The summed E-state index contributed by atoms with van der Waals surface area (Å²) in [7, 11) is 0. The Morgan fingerprint density at radius 3 is 0.920 bits per heavy atom. The topological polar surface area (TPSA) is 162 Å². The third-order valence-electron chi connectivity index (χ3n) is 2.63. The smallest absolute Gasteiger partial charge is 0 e. The molecule has 8 nitrogen and oxygen atoms in total. The van der Waals surface area contributed by atoms with Crippen LogP contribution in [0.4, 0.5) is 0 Å². The van der Waals surface area contributed by atoms with Gasteiger partial charge in [0, 0.05) is 27.3 Å². The van der Waals surface area contributed by atoms with Gasteiger partial charge in [-0.2, -0.15) is 0 Å². The second-order valence-electron chi connectivity index (χ2n) is 4.34. The quantitative estimate of drug-likeness (QED) is 0.177. The van der Waals surface area contributed by atoms with Gasteiger partial charge in [-0.25, -0.2) is 0 Å². The Morgan fingerprint density at radius 1 is 0.560 bits per heavy atom. The first-order chi connectivity index (χ1) is 11.0. The third kappa shape index (κ3) is 6.40. The van der Waals surface area contributed by atoms with Crippen molar-refractivity contribution in [1.82, 2.24) is 0 Å². The molecule has 0 atom stereocenters. The average molecular weight is 579 g/mol. The predicted octanol–water partition coefficient (Wildman–Crippen LogP) is -0.358. The number of hydrogen-bond acceptors (Lipinski definition) is 8. The Balaban J connectivity index is 0.000000443. The zero-order valence-corrected chi connectivity index (χ0v) is 19.9. The molecule has 0 aromatic heterocycles. The molecule has 2 rings (SSSR count). The van der Waals surface area contributed by atoms with Crippen LogP contribution in [0.1, 0.15) is 11.1 Å². The van der Waals surface area contributed by atoms with Crippen LogP contribution in [0.25, 0.3) is 0 Å². The summed E-state index contributed by atoms with van der Waals surface area (Å²) in [5.41, 5.74) is 0.422. The van der Waals surface area contributed by atoms with Crippen molar-refractivity contribution in [2.75, 3.05) is 0 Å². The zero-order valence-electron chi connectivity index (χ0n) is 12.4. The van der Waals surface area contributed by atoms with Crippen molar-refractivity contribution in [1.29, 1.82) is 0 Å². The van der Waals surface area contributed by atoms with E-state index in [4.69, 9.17) is 40.9 Å². The molecule has 2 aromatic carbocycles. The SMILES string of the molecule is OC(=[Se])c1cc(O)c(O)c(O)c1.OC(=[Se])c1cc(O)c(O)c(O)c1.[Cd]. The third-order valence-corrected chi connectivity index (χ3v) is 3.62. The molecule has 0 saturated carbocycles. The van der Waals surface area contributed by atoms with Gasteiger partial charge in [0.1, 0.15) is 0 Å². The van der Waals surface area contributed by atoms with Gasteiger partial charge in [0.25, 0.3) is 0 Å². The maximum absolute atomic E-state index is 8.98. The van der Waals surface area contributed by atoms with Crippen molar-refractivity contribution in [2.45, 2.75) is 0 Å². The molecule has 0 aliphatic carbocycles. The number of aromatic hydroxyl groups is 6. The minimum Gasteiger partial charge on any atom is 0 e. The maximum atomic E-state index is 8.98. The Labute approximate surface area is 177 Å². The Kier molecular flexibility index (Phi) is 9.30. The van der Waals surface area contributed by atoms with Crippen LogP contribution in [0, 0.1) is 0 Å². The summed E-state index contributed by atoms with van der Waals surface area (Å²) >= 11 is 4.60. The van der Waals surface area contributed by atoms with Gasteiger partial charge < -0.3 is 0 Å². The summed E-state index contributed by atoms with van der Waals surface area (Å²) in [6.45, 7) is 0. The largest absolute Gasteiger partial charge is 0 e.